The van der Waals surface area contributed by atoms with E-state index in [1.54, 1.807) is 14.2 Å². The standard InChI is InChI=1S/C18H18N4O2/c1-23-13-8-4-6-11(16(13)24-2)14-10-5-3-7-12(10)22-18-15(14)17(19)20-9-21-18/h4,6,8-9H,3,5,7H2,1-2H3,(H2,19,20,21,22). The van der Waals surface area contributed by atoms with Crippen LogP contribution in [0.2, 0.25) is 0 Å². The van der Waals surface area contributed by atoms with Gasteiger partial charge in [0.2, 0.25) is 0 Å². The minimum atomic E-state index is 0.432. The number of nitrogens with two attached hydrogens (primary N) is 1. The molecule has 122 valence electrons. The van der Waals surface area contributed by atoms with Crippen molar-refractivity contribution in [2.24, 2.45) is 0 Å². The SMILES string of the molecule is COc1cccc(-c2c3c(nc4ncnc(N)c24)CCC3)c1OC. The van der Waals surface area contributed by atoms with E-state index in [0.717, 1.165) is 41.5 Å². The van der Waals surface area contributed by atoms with Crippen LogP contribution in [0.1, 0.15) is 17.7 Å². The third-order valence-electron chi connectivity index (χ3n) is 4.51. The molecule has 0 radical (unpaired) electrons. The molecular formula is C18H18N4O2. The second kappa shape index (κ2) is 5.63. The van der Waals surface area contributed by atoms with Crippen LogP contribution in [-0.4, -0.2) is 29.2 Å². The van der Waals surface area contributed by atoms with E-state index in [9.17, 15) is 0 Å². The van der Waals surface area contributed by atoms with Gasteiger partial charge in [-0.25, -0.2) is 15.0 Å². The van der Waals surface area contributed by atoms with Gasteiger partial charge in [-0.05, 0) is 30.9 Å². The topological polar surface area (TPSA) is 83.2 Å². The second-order valence-electron chi connectivity index (χ2n) is 5.76. The molecule has 6 heteroatoms. The average molecular weight is 322 g/mol. The van der Waals surface area contributed by atoms with Gasteiger partial charge < -0.3 is 15.2 Å². The summed E-state index contributed by atoms with van der Waals surface area (Å²) in [4.78, 5) is 13.2. The number of nitrogens with zero attached hydrogens (tertiary/aromatic N) is 3. The molecule has 1 aliphatic rings. The maximum absolute atomic E-state index is 6.19. The summed E-state index contributed by atoms with van der Waals surface area (Å²) in [5.74, 6) is 1.80. The van der Waals surface area contributed by atoms with Gasteiger partial charge in [0.1, 0.15) is 12.1 Å². The molecule has 0 aliphatic heterocycles. The third kappa shape index (κ3) is 2.06. The Morgan fingerprint density at radius 1 is 1.08 bits per heavy atom. The van der Waals surface area contributed by atoms with Crippen molar-refractivity contribution in [1.82, 2.24) is 15.0 Å². The Labute approximate surface area is 139 Å². The molecule has 2 N–H and O–H groups in total. The number of hydrogen-bond acceptors (Lipinski definition) is 6. The van der Waals surface area contributed by atoms with E-state index in [1.165, 1.54) is 11.9 Å². The molecule has 0 saturated heterocycles. The summed E-state index contributed by atoms with van der Waals surface area (Å²) in [5.41, 5.74) is 11.1. The Morgan fingerprint density at radius 3 is 2.75 bits per heavy atom. The lowest BCUT2D eigenvalue weighted by Gasteiger charge is -2.17. The number of rotatable bonds is 3. The Hall–Kier alpha value is -2.89. The number of hydrogen-bond donors (Lipinski definition) is 1. The van der Waals surface area contributed by atoms with Gasteiger partial charge in [-0.15, -0.1) is 0 Å². The summed E-state index contributed by atoms with van der Waals surface area (Å²) in [5, 5.41) is 0.782. The molecule has 0 unspecified atom stereocenters. The first kappa shape index (κ1) is 14.7. The molecule has 0 atom stereocenters. The Morgan fingerprint density at radius 2 is 1.96 bits per heavy atom. The predicted molar refractivity (Wildman–Crippen MR) is 92.3 cm³/mol. The highest BCUT2D eigenvalue weighted by Crippen LogP contribution is 2.45. The highest BCUT2D eigenvalue weighted by atomic mass is 16.5. The molecule has 0 saturated carbocycles. The minimum absolute atomic E-state index is 0.432. The molecule has 0 bridgehead atoms. The fourth-order valence-electron chi connectivity index (χ4n) is 3.49. The van der Waals surface area contributed by atoms with Crippen LogP contribution in [0.25, 0.3) is 22.2 Å². The molecular weight excluding hydrogens is 304 g/mol. The number of benzene rings is 1. The highest BCUT2D eigenvalue weighted by molar-refractivity contribution is 6.02. The first-order valence-corrected chi connectivity index (χ1v) is 7.88. The van der Waals surface area contributed by atoms with Gasteiger partial charge in [-0.1, -0.05) is 12.1 Å². The molecule has 0 spiro atoms. The Balaban J connectivity index is 2.15. The Bertz CT molecular complexity index is 940. The van der Waals surface area contributed by atoms with Crippen molar-refractivity contribution in [3.63, 3.8) is 0 Å². The number of pyridine rings is 1. The van der Waals surface area contributed by atoms with Gasteiger partial charge in [0.05, 0.1) is 19.6 Å². The monoisotopic (exact) mass is 322 g/mol. The summed E-state index contributed by atoms with van der Waals surface area (Å²) in [7, 11) is 3.28. The number of nitrogen functional groups attached to an aromatic ring is 1. The zero-order valence-corrected chi connectivity index (χ0v) is 13.7. The zero-order valence-electron chi connectivity index (χ0n) is 13.7. The van der Waals surface area contributed by atoms with Crippen molar-refractivity contribution in [1.29, 1.82) is 0 Å². The van der Waals surface area contributed by atoms with Gasteiger partial charge in [-0.2, -0.15) is 0 Å². The fourth-order valence-corrected chi connectivity index (χ4v) is 3.49. The summed E-state index contributed by atoms with van der Waals surface area (Å²) in [6.45, 7) is 0. The molecule has 3 aromatic rings. The summed E-state index contributed by atoms with van der Waals surface area (Å²) in [6, 6.07) is 5.84. The normalized spacial score (nSPS) is 13.1. The summed E-state index contributed by atoms with van der Waals surface area (Å²) in [6.07, 6.45) is 4.45. The van der Waals surface area contributed by atoms with Crippen LogP contribution in [0.3, 0.4) is 0 Å². The lowest BCUT2D eigenvalue weighted by Crippen LogP contribution is -2.03. The molecule has 1 aliphatic carbocycles. The van der Waals surface area contributed by atoms with Crippen LogP contribution < -0.4 is 15.2 Å². The van der Waals surface area contributed by atoms with Crippen LogP contribution in [0.4, 0.5) is 5.82 Å². The first-order valence-electron chi connectivity index (χ1n) is 7.88. The predicted octanol–water partition coefficient (Wildman–Crippen LogP) is 2.78. The second-order valence-corrected chi connectivity index (χ2v) is 5.76. The molecule has 2 aromatic heterocycles. The molecule has 0 amide bonds. The number of aryl methyl sites for hydroxylation is 1. The first-order chi connectivity index (χ1) is 11.7. The van der Waals surface area contributed by atoms with Gasteiger partial charge >= 0.3 is 0 Å². The molecule has 0 fully saturated rings. The molecule has 4 rings (SSSR count). The molecule has 24 heavy (non-hydrogen) atoms. The smallest absolute Gasteiger partial charge is 0.168 e. The number of aromatic nitrogens is 3. The third-order valence-corrected chi connectivity index (χ3v) is 4.51. The van der Waals surface area contributed by atoms with E-state index in [0.29, 0.717) is 23.0 Å². The number of anilines is 1. The lowest BCUT2D eigenvalue weighted by atomic mass is 9.95. The van der Waals surface area contributed by atoms with E-state index >= 15 is 0 Å². The van der Waals surface area contributed by atoms with Gasteiger partial charge in [0, 0.05) is 16.8 Å². The van der Waals surface area contributed by atoms with Gasteiger partial charge in [0.15, 0.2) is 17.1 Å². The van der Waals surface area contributed by atoms with Gasteiger partial charge in [-0.3, -0.25) is 0 Å². The zero-order chi connectivity index (χ0) is 16.7. The molecule has 6 nitrogen and oxygen atoms in total. The maximum Gasteiger partial charge on any atom is 0.168 e. The number of fused-ring (bicyclic) bond motifs is 2. The lowest BCUT2D eigenvalue weighted by molar-refractivity contribution is 0.356. The number of ether oxygens (including phenoxy) is 2. The quantitative estimate of drug-likeness (QED) is 0.798. The van der Waals surface area contributed by atoms with Crippen molar-refractivity contribution >= 4 is 16.9 Å². The summed E-state index contributed by atoms with van der Waals surface area (Å²) < 4.78 is 11.1. The van der Waals surface area contributed by atoms with Crippen LogP contribution in [0.15, 0.2) is 24.5 Å². The fraction of sp³-hybridized carbons (Fsp3) is 0.278. The largest absolute Gasteiger partial charge is 0.493 e. The highest BCUT2D eigenvalue weighted by Gasteiger charge is 2.25. The van der Waals surface area contributed by atoms with E-state index in [4.69, 9.17) is 20.2 Å². The van der Waals surface area contributed by atoms with Crippen molar-refractivity contribution in [2.75, 3.05) is 20.0 Å². The van der Waals surface area contributed by atoms with Crippen molar-refractivity contribution in [2.45, 2.75) is 19.3 Å². The van der Waals surface area contributed by atoms with E-state index in [1.807, 2.05) is 18.2 Å². The minimum Gasteiger partial charge on any atom is -0.493 e. The maximum atomic E-state index is 6.19. The molecule has 1 aromatic carbocycles. The molecule has 2 heterocycles. The van der Waals surface area contributed by atoms with E-state index in [-0.39, 0.29) is 0 Å². The van der Waals surface area contributed by atoms with E-state index in [2.05, 4.69) is 9.97 Å². The average Bonchev–Trinajstić information content (AvgIpc) is 3.07. The van der Waals surface area contributed by atoms with Crippen LogP contribution in [-0.2, 0) is 12.8 Å². The van der Waals surface area contributed by atoms with Crippen LogP contribution in [0.5, 0.6) is 11.5 Å². The Kier molecular flexibility index (Phi) is 3.45. The van der Waals surface area contributed by atoms with Crippen molar-refractivity contribution < 1.29 is 9.47 Å². The van der Waals surface area contributed by atoms with Crippen molar-refractivity contribution in [3.05, 3.63) is 35.8 Å². The van der Waals surface area contributed by atoms with Crippen LogP contribution >= 0.6 is 0 Å². The van der Waals surface area contributed by atoms with Gasteiger partial charge in [0.25, 0.3) is 0 Å². The van der Waals surface area contributed by atoms with Crippen LogP contribution in [0, 0.1) is 0 Å². The van der Waals surface area contributed by atoms with E-state index < -0.39 is 0 Å². The number of methoxy groups -OCH3 is 2. The number of para-hydroxylation sites is 1. The summed E-state index contributed by atoms with van der Waals surface area (Å²) >= 11 is 0. The van der Waals surface area contributed by atoms with Crippen molar-refractivity contribution in [3.8, 4) is 22.6 Å².